The Morgan fingerprint density at radius 3 is 2.30 bits per heavy atom. The first kappa shape index (κ1) is 20.3. The highest BCUT2D eigenvalue weighted by molar-refractivity contribution is 6.28. The first-order valence-corrected chi connectivity index (χ1v) is 8.96. The number of rotatable bonds is 10. The van der Waals surface area contributed by atoms with Crippen LogP contribution >= 0.6 is 0 Å². The summed E-state index contributed by atoms with van der Waals surface area (Å²) in [6, 6.07) is 16.3. The van der Waals surface area contributed by atoms with Gasteiger partial charge in [-0.1, -0.05) is 61.2 Å². The summed E-state index contributed by atoms with van der Waals surface area (Å²) >= 11 is 0. The van der Waals surface area contributed by atoms with E-state index in [1.165, 1.54) is 6.08 Å². The van der Waals surface area contributed by atoms with Gasteiger partial charge in [0.05, 0.1) is 6.61 Å². The number of Topliss-reactive ketones (excluding diaryl/α,β-unsaturated/α-hetero) is 1. The van der Waals surface area contributed by atoms with E-state index in [4.69, 9.17) is 9.84 Å². The summed E-state index contributed by atoms with van der Waals surface area (Å²) in [5, 5.41) is 8.68. The maximum absolute atomic E-state index is 12.5. The van der Waals surface area contributed by atoms with Gasteiger partial charge >= 0.3 is 5.97 Å². The number of aliphatic hydroxyl groups excluding tert-OH is 1. The van der Waals surface area contributed by atoms with E-state index in [0.29, 0.717) is 17.7 Å². The normalized spacial score (nSPS) is 10.7. The Kier molecular flexibility index (Phi) is 8.20. The van der Waals surface area contributed by atoms with Crippen LogP contribution in [0.5, 0.6) is 0 Å². The van der Waals surface area contributed by atoms with Crippen molar-refractivity contribution in [2.75, 3.05) is 13.2 Å². The number of benzene rings is 2. The molecule has 0 saturated heterocycles. The third kappa shape index (κ3) is 6.68. The molecule has 140 valence electrons. The number of allylic oxidation sites excluding steroid dienone is 1. The second kappa shape index (κ2) is 10.9. The Hall–Kier alpha value is -2.98. The molecule has 0 heterocycles. The molecule has 1 N–H and O–H groups in total. The first-order chi connectivity index (χ1) is 13.1. The second-order valence-corrected chi connectivity index (χ2v) is 6.08. The highest BCUT2D eigenvalue weighted by Crippen LogP contribution is 2.18. The van der Waals surface area contributed by atoms with E-state index < -0.39 is 5.97 Å². The highest BCUT2D eigenvalue weighted by Gasteiger charge is 2.11. The molecule has 27 heavy (non-hydrogen) atoms. The quantitative estimate of drug-likeness (QED) is 0.295. The molecule has 4 nitrogen and oxygen atoms in total. The molecule has 0 fully saturated rings. The molecule has 0 aliphatic heterocycles. The monoisotopic (exact) mass is 364 g/mol. The predicted octanol–water partition coefficient (Wildman–Crippen LogP) is 4.30. The van der Waals surface area contributed by atoms with Crippen molar-refractivity contribution in [3.05, 3.63) is 83.9 Å². The lowest BCUT2D eigenvalue weighted by atomic mass is 9.97. The lowest BCUT2D eigenvalue weighted by Gasteiger charge is -2.05. The molecule has 0 radical (unpaired) electrons. The standard InChI is InChI=1S/C23H24O4/c1-18(20-8-4-2-5-9-20)23(26)21-13-10-19(11-14-21)12-15-22(25)27-17-7-3-6-16-24/h2,4-5,8-15,24H,1,3,6-7,16-17H2/b15-12+. The molecule has 0 unspecified atom stereocenters. The van der Waals surface area contributed by atoms with Gasteiger partial charge in [0.2, 0.25) is 0 Å². The zero-order chi connectivity index (χ0) is 19.5. The molecule has 0 aromatic heterocycles. The summed E-state index contributed by atoms with van der Waals surface area (Å²) < 4.78 is 5.08. The van der Waals surface area contributed by atoms with Crippen molar-refractivity contribution >= 4 is 23.4 Å². The van der Waals surface area contributed by atoms with Crippen LogP contribution in [0.25, 0.3) is 11.6 Å². The average Bonchev–Trinajstić information content (AvgIpc) is 2.72. The number of aliphatic hydroxyl groups is 1. The van der Waals surface area contributed by atoms with Crippen molar-refractivity contribution in [3.8, 4) is 0 Å². The molecular formula is C23H24O4. The van der Waals surface area contributed by atoms with E-state index in [-0.39, 0.29) is 12.4 Å². The average molecular weight is 364 g/mol. The Labute approximate surface area is 159 Å². The smallest absolute Gasteiger partial charge is 0.330 e. The number of ketones is 1. The fourth-order valence-corrected chi connectivity index (χ4v) is 2.47. The van der Waals surface area contributed by atoms with E-state index in [0.717, 1.165) is 30.4 Å². The van der Waals surface area contributed by atoms with Crippen LogP contribution in [0.3, 0.4) is 0 Å². The summed E-state index contributed by atoms with van der Waals surface area (Å²) in [7, 11) is 0. The van der Waals surface area contributed by atoms with Crippen LogP contribution in [0, 0.1) is 0 Å². The number of esters is 1. The summed E-state index contributed by atoms with van der Waals surface area (Å²) in [5.74, 6) is -0.532. The molecule has 0 saturated carbocycles. The molecule has 2 aromatic carbocycles. The maximum Gasteiger partial charge on any atom is 0.330 e. The van der Waals surface area contributed by atoms with E-state index in [9.17, 15) is 9.59 Å². The fourth-order valence-electron chi connectivity index (χ4n) is 2.47. The van der Waals surface area contributed by atoms with Crippen LogP contribution < -0.4 is 0 Å². The number of unbranched alkanes of at least 4 members (excludes halogenated alkanes) is 2. The zero-order valence-electron chi connectivity index (χ0n) is 15.3. The maximum atomic E-state index is 12.5. The molecule has 4 heteroatoms. The molecule has 2 rings (SSSR count). The minimum atomic E-state index is -0.406. The molecular weight excluding hydrogens is 340 g/mol. The third-order valence-electron chi connectivity index (χ3n) is 4.03. The summed E-state index contributed by atoms with van der Waals surface area (Å²) in [6.07, 6.45) is 5.30. The van der Waals surface area contributed by atoms with Crippen LogP contribution in [0.2, 0.25) is 0 Å². The number of carbonyl (C=O) groups is 2. The second-order valence-electron chi connectivity index (χ2n) is 6.08. The number of hydrogen-bond acceptors (Lipinski definition) is 4. The van der Waals surface area contributed by atoms with Crippen LogP contribution in [-0.2, 0) is 9.53 Å². The van der Waals surface area contributed by atoms with Crippen molar-refractivity contribution in [1.82, 2.24) is 0 Å². The largest absolute Gasteiger partial charge is 0.463 e. The van der Waals surface area contributed by atoms with Gasteiger partial charge in [-0.15, -0.1) is 0 Å². The van der Waals surface area contributed by atoms with Gasteiger partial charge in [-0.3, -0.25) is 4.79 Å². The summed E-state index contributed by atoms with van der Waals surface area (Å²) in [5.41, 5.74) is 2.60. The van der Waals surface area contributed by atoms with Gasteiger partial charge < -0.3 is 9.84 Å². The Bertz CT molecular complexity index is 789. The summed E-state index contributed by atoms with van der Waals surface area (Å²) in [4.78, 5) is 24.2. The molecule has 0 aliphatic carbocycles. The van der Waals surface area contributed by atoms with Gasteiger partial charge in [-0.05, 0) is 36.5 Å². The lowest BCUT2D eigenvalue weighted by Crippen LogP contribution is -2.02. The zero-order valence-corrected chi connectivity index (χ0v) is 15.3. The van der Waals surface area contributed by atoms with E-state index in [2.05, 4.69) is 6.58 Å². The Balaban J connectivity index is 1.88. The topological polar surface area (TPSA) is 63.6 Å². The van der Waals surface area contributed by atoms with E-state index in [1.54, 1.807) is 30.3 Å². The van der Waals surface area contributed by atoms with Gasteiger partial charge in [0.25, 0.3) is 0 Å². The van der Waals surface area contributed by atoms with Crippen molar-refractivity contribution in [3.63, 3.8) is 0 Å². The van der Waals surface area contributed by atoms with Gasteiger partial charge in [0, 0.05) is 23.8 Å². The van der Waals surface area contributed by atoms with Gasteiger partial charge in [-0.2, -0.15) is 0 Å². The molecule has 0 spiro atoms. The van der Waals surface area contributed by atoms with E-state index >= 15 is 0 Å². The van der Waals surface area contributed by atoms with Crippen LogP contribution in [0.4, 0.5) is 0 Å². The van der Waals surface area contributed by atoms with E-state index in [1.807, 2.05) is 30.3 Å². The van der Waals surface area contributed by atoms with Gasteiger partial charge in [-0.25, -0.2) is 4.79 Å². The van der Waals surface area contributed by atoms with Crippen molar-refractivity contribution < 1.29 is 19.4 Å². The molecule has 0 amide bonds. The van der Waals surface area contributed by atoms with Crippen molar-refractivity contribution in [2.24, 2.45) is 0 Å². The number of carbonyl (C=O) groups excluding carboxylic acids is 2. The van der Waals surface area contributed by atoms with Crippen LogP contribution in [0.15, 0.2) is 67.3 Å². The Morgan fingerprint density at radius 1 is 0.926 bits per heavy atom. The minimum Gasteiger partial charge on any atom is -0.463 e. The SMILES string of the molecule is C=C(C(=O)c1ccc(/C=C/C(=O)OCCCCCO)cc1)c1ccccc1. The molecule has 0 aliphatic rings. The van der Waals surface area contributed by atoms with Crippen LogP contribution in [-0.4, -0.2) is 30.1 Å². The third-order valence-corrected chi connectivity index (χ3v) is 4.03. The Morgan fingerprint density at radius 2 is 1.63 bits per heavy atom. The van der Waals surface area contributed by atoms with Gasteiger partial charge in [0.15, 0.2) is 5.78 Å². The molecule has 0 bridgehead atoms. The fraction of sp³-hybridized carbons (Fsp3) is 0.217. The minimum absolute atomic E-state index is 0.126. The van der Waals surface area contributed by atoms with Crippen LogP contribution in [0.1, 0.15) is 40.7 Å². The first-order valence-electron chi connectivity index (χ1n) is 8.96. The predicted molar refractivity (Wildman–Crippen MR) is 107 cm³/mol. The van der Waals surface area contributed by atoms with Gasteiger partial charge in [0.1, 0.15) is 0 Å². The summed E-state index contributed by atoms with van der Waals surface area (Å²) in [6.45, 7) is 4.39. The highest BCUT2D eigenvalue weighted by atomic mass is 16.5. The molecule has 0 atom stereocenters. The van der Waals surface area contributed by atoms with Crippen molar-refractivity contribution in [2.45, 2.75) is 19.3 Å². The number of hydrogen-bond donors (Lipinski definition) is 1. The number of ether oxygens (including phenoxy) is 1. The molecule has 2 aromatic rings. The lowest BCUT2D eigenvalue weighted by molar-refractivity contribution is -0.137. The van der Waals surface area contributed by atoms with Crippen molar-refractivity contribution in [1.29, 1.82) is 0 Å².